The minimum atomic E-state index is 0.460. The van der Waals surface area contributed by atoms with Gasteiger partial charge in [0.05, 0.1) is 23.7 Å². The minimum Gasteiger partial charge on any atom is -0.497 e. The highest BCUT2D eigenvalue weighted by Crippen LogP contribution is 2.41. The Hall–Kier alpha value is -3.06. The van der Waals surface area contributed by atoms with Gasteiger partial charge >= 0.3 is 0 Å². The van der Waals surface area contributed by atoms with Crippen molar-refractivity contribution in [2.24, 2.45) is 0 Å². The lowest BCUT2D eigenvalue weighted by atomic mass is 10.1. The lowest BCUT2D eigenvalue weighted by Crippen LogP contribution is -1.98. The molecule has 1 saturated carbocycles. The van der Waals surface area contributed by atoms with Gasteiger partial charge in [-0.3, -0.25) is 5.10 Å². The predicted molar refractivity (Wildman–Crippen MR) is 111 cm³/mol. The largest absolute Gasteiger partial charge is 0.497 e. The summed E-state index contributed by atoms with van der Waals surface area (Å²) in [5, 5.41) is 9.10. The van der Waals surface area contributed by atoms with Gasteiger partial charge in [0.25, 0.3) is 0 Å². The van der Waals surface area contributed by atoms with Crippen LogP contribution < -0.4 is 10.5 Å². The maximum absolute atomic E-state index is 6.36. The molecular weight excluding hydrogens is 370 g/mol. The number of benzene rings is 2. The first-order valence-electron chi connectivity index (χ1n) is 9.15. The van der Waals surface area contributed by atoms with E-state index in [0.29, 0.717) is 16.9 Å². The van der Waals surface area contributed by atoms with Crippen LogP contribution in [0, 0.1) is 0 Å². The molecule has 28 heavy (non-hydrogen) atoms. The molecule has 1 aliphatic carbocycles. The van der Waals surface area contributed by atoms with Crippen molar-refractivity contribution < 1.29 is 4.74 Å². The summed E-state index contributed by atoms with van der Waals surface area (Å²) in [4.78, 5) is 10.3. The Kier molecular flexibility index (Phi) is 4.16. The first-order valence-corrected chi connectivity index (χ1v) is 9.97. The lowest BCUT2D eigenvalue weighted by molar-refractivity contribution is 0.413. The van der Waals surface area contributed by atoms with E-state index in [-0.39, 0.29) is 0 Å². The van der Waals surface area contributed by atoms with E-state index in [2.05, 4.69) is 21.2 Å². The summed E-state index contributed by atoms with van der Waals surface area (Å²) < 4.78 is 5.29. The summed E-state index contributed by atoms with van der Waals surface area (Å²) in [6.45, 7) is 0. The van der Waals surface area contributed by atoms with Gasteiger partial charge in [-0.25, -0.2) is 9.97 Å². The molecule has 2 aromatic carbocycles. The quantitative estimate of drug-likeness (QED) is 0.483. The summed E-state index contributed by atoms with van der Waals surface area (Å²) in [5.74, 6) is 1.88. The van der Waals surface area contributed by atoms with Gasteiger partial charge in [-0.15, -0.1) is 0 Å². The molecule has 6 nitrogen and oxygen atoms in total. The molecule has 0 radical (unpaired) electrons. The second-order valence-corrected chi connectivity index (χ2v) is 7.90. The molecule has 3 N–H and O–H groups in total. The van der Waals surface area contributed by atoms with Crippen LogP contribution in [0.15, 0.2) is 58.6 Å². The van der Waals surface area contributed by atoms with E-state index in [0.717, 1.165) is 32.8 Å². The molecule has 0 spiro atoms. The molecule has 7 heteroatoms. The number of fused-ring (bicyclic) bond motifs is 1. The van der Waals surface area contributed by atoms with E-state index < -0.39 is 0 Å². The topological polar surface area (TPSA) is 89.7 Å². The number of rotatable bonds is 5. The Bertz CT molecular complexity index is 1170. The number of hydrogen-bond donors (Lipinski definition) is 2. The van der Waals surface area contributed by atoms with E-state index in [9.17, 15) is 0 Å². The van der Waals surface area contributed by atoms with Gasteiger partial charge in [0.1, 0.15) is 11.6 Å². The minimum absolute atomic E-state index is 0.460. The fourth-order valence-corrected chi connectivity index (χ4v) is 4.12. The number of ether oxygens (including phenoxy) is 1. The molecule has 2 heterocycles. The van der Waals surface area contributed by atoms with Crippen LogP contribution in [0.4, 0.5) is 5.82 Å². The van der Waals surface area contributed by atoms with Crippen LogP contribution in [0.5, 0.6) is 5.75 Å². The third-order valence-corrected chi connectivity index (χ3v) is 5.73. The molecule has 140 valence electrons. The Morgan fingerprint density at radius 2 is 1.96 bits per heavy atom. The second-order valence-electron chi connectivity index (χ2n) is 6.85. The van der Waals surface area contributed by atoms with Crippen molar-refractivity contribution in [3.05, 3.63) is 54.2 Å². The van der Waals surface area contributed by atoms with Gasteiger partial charge < -0.3 is 10.5 Å². The zero-order chi connectivity index (χ0) is 19.1. The summed E-state index contributed by atoms with van der Waals surface area (Å²) in [7, 11) is 1.65. The molecule has 0 bridgehead atoms. The second kappa shape index (κ2) is 6.83. The van der Waals surface area contributed by atoms with E-state index in [1.807, 2.05) is 42.5 Å². The van der Waals surface area contributed by atoms with Crippen molar-refractivity contribution in [1.82, 2.24) is 20.2 Å². The zero-order valence-corrected chi connectivity index (χ0v) is 16.2. The van der Waals surface area contributed by atoms with Crippen molar-refractivity contribution in [3.8, 4) is 17.0 Å². The van der Waals surface area contributed by atoms with E-state index in [1.54, 1.807) is 7.11 Å². The smallest absolute Gasteiger partial charge is 0.194 e. The van der Waals surface area contributed by atoms with Crippen molar-refractivity contribution in [3.63, 3.8) is 0 Å². The summed E-state index contributed by atoms with van der Waals surface area (Å²) in [5.41, 5.74) is 10.2. The van der Waals surface area contributed by atoms with Crippen LogP contribution in [-0.4, -0.2) is 27.3 Å². The predicted octanol–water partition coefficient (Wildman–Crippen LogP) is 4.64. The fraction of sp³-hybridized carbons (Fsp3) is 0.190. The third kappa shape index (κ3) is 3.18. The lowest BCUT2D eigenvalue weighted by Gasteiger charge is -2.09. The Labute approximate surface area is 166 Å². The molecule has 0 saturated heterocycles. The number of nitrogens with two attached hydrogens (primary N) is 1. The van der Waals surface area contributed by atoms with Crippen molar-refractivity contribution >= 4 is 28.5 Å². The number of aromatic amines is 1. The van der Waals surface area contributed by atoms with Crippen LogP contribution in [0.2, 0.25) is 0 Å². The number of methoxy groups -OCH3 is 1. The van der Waals surface area contributed by atoms with Crippen LogP contribution in [0.25, 0.3) is 22.2 Å². The number of nitrogen functional groups attached to an aromatic ring is 1. The van der Waals surface area contributed by atoms with E-state index in [1.165, 1.54) is 30.3 Å². The van der Waals surface area contributed by atoms with E-state index in [4.69, 9.17) is 15.5 Å². The molecule has 0 unspecified atom stereocenters. The highest BCUT2D eigenvalue weighted by atomic mass is 32.2. The number of nitrogens with one attached hydrogen (secondary N) is 1. The number of H-pyrrole nitrogens is 1. The Morgan fingerprint density at radius 1 is 1.11 bits per heavy atom. The highest BCUT2D eigenvalue weighted by molar-refractivity contribution is 7.99. The molecule has 5 rings (SSSR count). The number of aromatic nitrogens is 4. The van der Waals surface area contributed by atoms with Crippen molar-refractivity contribution in [2.45, 2.75) is 28.8 Å². The number of anilines is 1. The first-order chi connectivity index (χ1) is 13.7. The average molecular weight is 389 g/mol. The zero-order valence-electron chi connectivity index (χ0n) is 15.3. The molecule has 0 atom stereocenters. The van der Waals surface area contributed by atoms with E-state index >= 15 is 0 Å². The number of hydrogen-bond acceptors (Lipinski definition) is 6. The van der Waals surface area contributed by atoms with Crippen LogP contribution in [0.1, 0.15) is 24.5 Å². The normalized spacial score (nSPS) is 13.8. The molecule has 2 aromatic heterocycles. The molecule has 1 fully saturated rings. The van der Waals surface area contributed by atoms with Crippen LogP contribution in [0.3, 0.4) is 0 Å². The van der Waals surface area contributed by atoms with Crippen LogP contribution >= 0.6 is 11.8 Å². The van der Waals surface area contributed by atoms with Crippen molar-refractivity contribution in [1.29, 1.82) is 0 Å². The highest BCUT2D eigenvalue weighted by Gasteiger charge is 2.26. The molecule has 4 aromatic rings. The Morgan fingerprint density at radius 3 is 2.79 bits per heavy atom. The maximum Gasteiger partial charge on any atom is 0.194 e. The van der Waals surface area contributed by atoms with Gasteiger partial charge in [-0.2, -0.15) is 5.10 Å². The number of nitrogens with zero attached hydrogens (tertiary/aromatic N) is 3. The first kappa shape index (κ1) is 17.1. The van der Waals surface area contributed by atoms with Gasteiger partial charge in [-0.1, -0.05) is 18.2 Å². The molecule has 0 amide bonds. The third-order valence-electron chi connectivity index (χ3n) is 4.87. The molecular formula is C21H19N5OS. The maximum atomic E-state index is 6.36. The fourth-order valence-electron chi connectivity index (χ4n) is 3.30. The van der Waals surface area contributed by atoms with Gasteiger partial charge in [-0.05, 0) is 54.9 Å². The van der Waals surface area contributed by atoms with Crippen molar-refractivity contribution in [2.75, 3.05) is 12.8 Å². The average Bonchev–Trinajstić information content (AvgIpc) is 3.44. The standard InChI is InChI=1S/C21H19N5OS/c1-27-13-4-2-5-14(10-13)28-21-23-16-7-3-6-15(19(16)20(22)24-21)18-11-17(25-26-18)12-8-9-12/h2-7,10-12H,8-9H2,1H3,(H,25,26)(H2,22,23,24). The molecule has 0 aliphatic heterocycles. The monoisotopic (exact) mass is 389 g/mol. The van der Waals surface area contributed by atoms with Gasteiger partial charge in [0, 0.05) is 22.1 Å². The van der Waals surface area contributed by atoms with Crippen LogP contribution in [-0.2, 0) is 0 Å². The SMILES string of the molecule is COc1cccc(Sc2nc(N)c3c(-c4cc(C5CC5)[nH]n4)cccc3n2)c1. The summed E-state index contributed by atoms with van der Waals surface area (Å²) >= 11 is 1.46. The Balaban J connectivity index is 1.54. The van der Waals surface area contributed by atoms with Gasteiger partial charge in [0.15, 0.2) is 5.16 Å². The summed E-state index contributed by atoms with van der Waals surface area (Å²) in [6.07, 6.45) is 2.46. The summed E-state index contributed by atoms with van der Waals surface area (Å²) in [6, 6.07) is 15.9. The molecule has 1 aliphatic rings. The van der Waals surface area contributed by atoms with Gasteiger partial charge in [0.2, 0.25) is 0 Å².